The van der Waals surface area contributed by atoms with Gasteiger partial charge in [0.15, 0.2) is 5.69 Å². The topological polar surface area (TPSA) is 77.4 Å². The summed E-state index contributed by atoms with van der Waals surface area (Å²) in [6.45, 7) is 12.4. The van der Waals surface area contributed by atoms with Crippen LogP contribution in [-0.4, -0.2) is 33.4 Å². The van der Waals surface area contributed by atoms with Crippen molar-refractivity contribution in [3.8, 4) is 22.9 Å². The molecule has 0 fully saturated rings. The lowest BCUT2D eigenvalue weighted by Crippen LogP contribution is -2.36. The molecule has 0 unspecified atom stereocenters. The number of carbonyl (C=O) groups excluding carboxylic acids is 1. The van der Waals surface area contributed by atoms with E-state index in [-0.39, 0.29) is 5.91 Å². The lowest BCUT2D eigenvalue weighted by atomic mass is 10.00. The van der Waals surface area contributed by atoms with Crippen LogP contribution >= 0.6 is 11.8 Å². The Kier molecular flexibility index (Phi) is 7.07. The third kappa shape index (κ3) is 4.87. The van der Waals surface area contributed by atoms with Crippen LogP contribution in [0.1, 0.15) is 50.6 Å². The third-order valence-corrected chi connectivity index (χ3v) is 6.66. The fourth-order valence-corrected chi connectivity index (χ4v) is 4.75. The second kappa shape index (κ2) is 10.0. The smallest absolute Gasteiger partial charge is 0.247 e. The maximum atomic E-state index is 13.1. The van der Waals surface area contributed by atoms with Crippen LogP contribution in [0.15, 0.2) is 41.6 Å². The number of nitrogens with zero attached hydrogens (tertiary/aromatic N) is 4. The van der Waals surface area contributed by atoms with Crippen molar-refractivity contribution in [1.29, 1.82) is 0 Å². The van der Waals surface area contributed by atoms with E-state index in [4.69, 9.17) is 14.5 Å². The monoisotopic (exact) mass is 478 g/mol. The second-order valence-corrected chi connectivity index (χ2v) is 9.78. The Bertz CT molecular complexity index is 1200. The van der Waals surface area contributed by atoms with Crippen molar-refractivity contribution in [3.05, 3.63) is 53.1 Å². The van der Waals surface area contributed by atoms with Crippen molar-refractivity contribution in [3.63, 3.8) is 0 Å². The summed E-state index contributed by atoms with van der Waals surface area (Å²) >= 11 is 1.55. The molecular weight excluding hydrogens is 448 g/mol. The molecule has 1 aromatic heterocycles. The zero-order chi connectivity index (χ0) is 24.4. The number of rotatable bonds is 6. The molecule has 3 aromatic rings. The van der Waals surface area contributed by atoms with Gasteiger partial charge in [-0.15, -0.1) is 10.2 Å². The molecule has 0 spiro atoms. The van der Waals surface area contributed by atoms with Crippen LogP contribution in [0.5, 0.6) is 11.6 Å². The molecule has 34 heavy (non-hydrogen) atoms. The number of thioether (sulfide) groups is 1. The summed E-state index contributed by atoms with van der Waals surface area (Å²) in [7, 11) is 0. The molecule has 0 saturated heterocycles. The molecule has 4 rings (SSSR count). The van der Waals surface area contributed by atoms with E-state index in [1.54, 1.807) is 23.6 Å². The van der Waals surface area contributed by atoms with Crippen molar-refractivity contribution >= 4 is 23.4 Å². The van der Waals surface area contributed by atoms with Gasteiger partial charge in [0.25, 0.3) is 0 Å². The summed E-state index contributed by atoms with van der Waals surface area (Å²) < 4.78 is 12.1. The van der Waals surface area contributed by atoms with Gasteiger partial charge in [0.05, 0.1) is 12.3 Å². The van der Waals surface area contributed by atoms with Crippen LogP contribution < -0.4 is 14.4 Å². The molecule has 1 amide bonds. The molecule has 2 aromatic carbocycles. The van der Waals surface area contributed by atoms with E-state index in [1.165, 1.54) is 0 Å². The minimum absolute atomic E-state index is 0.137. The molecule has 178 valence electrons. The largest absolute Gasteiger partial charge is 0.494 e. The molecule has 1 atom stereocenters. The fourth-order valence-electron chi connectivity index (χ4n) is 4.02. The Balaban J connectivity index is 1.89. The number of anilines is 1. The number of ether oxygens (including phenoxy) is 2. The van der Waals surface area contributed by atoms with Gasteiger partial charge >= 0.3 is 0 Å². The molecule has 0 radical (unpaired) electrons. The first-order valence-corrected chi connectivity index (χ1v) is 12.4. The number of fused-ring (bicyclic) bond motifs is 3. The first-order chi connectivity index (χ1) is 16.3. The van der Waals surface area contributed by atoms with E-state index in [2.05, 4.69) is 30.1 Å². The molecule has 2 heterocycles. The van der Waals surface area contributed by atoms with E-state index in [1.807, 2.05) is 51.1 Å². The number of carbonyl (C=O) groups is 1. The standard InChI is InChI=1S/C26H30N4O3S/c1-7-32-20-10-8-19(9-11-20)25-30(18(6)31)23-17(5)12-16(4)13-21(23)22-24(33-25)27-26(29-28-22)34-14-15(2)3/h8-13,15,25H,7,14H2,1-6H3/t25-/m0/s1. The summed E-state index contributed by atoms with van der Waals surface area (Å²) in [6.07, 6.45) is -0.714. The predicted molar refractivity (Wildman–Crippen MR) is 134 cm³/mol. The lowest BCUT2D eigenvalue weighted by Gasteiger charge is -2.31. The lowest BCUT2D eigenvalue weighted by molar-refractivity contribution is -0.118. The van der Waals surface area contributed by atoms with Crippen LogP contribution in [-0.2, 0) is 4.79 Å². The van der Waals surface area contributed by atoms with Crippen LogP contribution in [0.2, 0.25) is 0 Å². The van der Waals surface area contributed by atoms with E-state index in [9.17, 15) is 4.79 Å². The van der Waals surface area contributed by atoms with E-state index in [0.29, 0.717) is 29.3 Å². The molecule has 0 bridgehead atoms. The predicted octanol–water partition coefficient (Wildman–Crippen LogP) is 5.75. The molecule has 0 aliphatic carbocycles. The maximum absolute atomic E-state index is 13.1. The number of benzene rings is 2. The minimum atomic E-state index is -0.714. The molecule has 1 aliphatic rings. The number of hydrogen-bond acceptors (Lipinski definition) is 7. The average molecular weight is 479 g/mol. The highest BCUT2D eigenvalue weighted by Gasteiger charge is 2.36. The summed E-state index contributed by atoms with van der Waals surface area (Å²) in [5.74, 6) is 2.36. The second-order valence-electron chi connectivity index (χ2n) is 8.79. The summed E-state index contributed by atoms with van der Waals surface area (Å²) in [6, 6.07) is 11.7. The quantitative estimate of drug-likeness (QED) is 0.418. The average Bonchev–Trinajstić information content (AvgIpc) is 2.93. The van der Waals surface area contributed by atoms with Gasteiger partial charge in [-0.1, -0.05) is 37.2 Å². The van der Waals surface area contributed by atoms with Gasteiger partial charge in [-0.3, -0.25) is 9.69 Å². The Labute approximate surface area is 204 Å². The van der Waals surface area contributed by atoms with Crippen molar-refractivity contribution < 1.29 is 14.3 Å². The SMILES string of the molecule is CCOc1ccc([C@@H]2Oc3nc(SCC(C)C)nnc3-c3cc(C)cc(C)c3N2C(C)=O)cc1. The summed E-state index contributed by atoms with van der Waals surface area (Å²) in [4.78, 5) is 19.5. The molecular formula is C26H30N4O3S. The van der Waals surface area contributed by atoms with Gasteiger partial charge in [0.1, 0.15) is 5.75 Å². The van der Waals surface area contributed by atoms with Crippen LogP contribution in [0.25, 0.3) is 11.3 Å². The number of aromatic nitrogens is 3. The Morgan fingerprint density at radius 1 is 1.18 bits per heavy atom. The first kappa shape index (κ1) is 24.0. The molecule has 7 nitrogen and oxygen atoms in total. The van der Waals surface area contributed by atoms with Gasteiger partial charge in [-0.25, -0.2) is 0 Å². The number of amides is 1. The summed E-state index contributed by atoms with van der Waals surface area (Å²) in [5.41, 5.74) is 4.91. The van der Waals surface area contributed by atoms with E-state index < -0.39 is 6.23 Å². The highest BCUT2D eigenvalue weighted by atomic mass is 32.2. The van der Waals surface area contributed by atoms with Crippen molar-refractivity contribution in [2.75, 3.05) is 17.3 Å². The van der Waals surface area contributed by atoms with Crippen molar-refractivity contribution in [2.24, 2.45) is 5.92 Å². The van der Waals surface area contributed by atoms with Crippen molar-refractivity contribution in [2.45, 2.75) is 52.9 Å². The fraction of sp³-hybridized carbons (Fsp3) is 0.385. The van der Waals surface area contributed by atoms with Gasteiger partial charge in [0, 0.05) is 23.8 Å². The normalized spacial score (nSPS) is 14.8. The van der Waals surface area contributed by atoms with E-state index in [0.717, 1.165) is 39.4 Å². The molecule has 0 N–H and O–H groups in total. The number of hydrogen-bond donors (Lipinski definition) is 0. The van der Waals surface area contributed by atoms with Crippen LogP contribution in [0.3, 0.4) is 0 Å². The first-order valence-electron chi connectivity index (χ1n) is 11.5. The van der Waals surface area contributed by atoms with Crippen LogP contribution in [0.4, 0.5) is 5.69 Å². The molecule has 1 aliphatic heterocycles. The third-order valence-electron chi connectivity index (χ3n) is 5.40. The highest BCUT2D eigenvalue weighted by molar-refractivity contribution is 7.99. The van der Waals surface area contributed by atoms with Gasteiger partial charge in [0.2, 0.25) is 23.2 Å². The van der Waals surface area contributed by atoms with Crippen LogP contribution in [0, 0.1) is 19.8 Å². The molecule has 0 saturated carbocycles. The number of aryl methyl sites for hydroxylation is 2. The summed E-state index contributed by atoms with van der Waals surface area (Å²) in [5, 5.41) is 9.45. The Morgan fingerprint density at radius 2 is 1.91 bits per heavy atom. The Morgan fingerprint density at radius 3 is 2.56 bits per heavy atom. The zero-order valence-electron chi connectivity index (χ0n) is 20.5. The van der Waals surface area contributed by atoms with Gasteiger partial charge in [-0.05, 0) is 62.6 Å². The molecule has 8 heteroatoms. The van der Waals surface area contributed by atoms with Gasteiger partial charge in [-0.2, -0.15) is 4.98 Å². The Hall–Kier alpha value is -3.13. The minimum Gasteiger partial charge on any atom is -0.494 e. The van der Waals surface area contributed by atoms with E-state index >= 15 is 0 Å². The highest BCUT2D eigenvalue weighted by Crippen LogP contribution is 2.45. The van der Waals surface area contributed by atoms with Crippen molar-refractivity contribution in [1.82, 2.24) is 15.2 Å². The maximum Gasteiger partial charge on any atom is 0.247 e. The van der Waals surface area contributed by atoms with Gasteiger partial charge < -0.3 is 9.47 Å². The zero-order valence-corrected chi connectivity index (χ0v) is 21.3.